The molecule has 4 N–H and O–H groups in total. The van der Waals surface area contributed by atoms with Crippen LogP contribution in [0, 0.1) is 0 Å². The average Bonchev–Trinajstić information content (AvgIpc) is 2.36. The zero-order valence-electron chi connectivity index (χ0n) is 11.5. The molecule has 102 valence electrons. The minimum atomic E-state index is -0.798. The molecule has 0 aromatic heterocycles. The van der Waals surface area contributed by atoms with E-state index < -0.39 is 5.79 Å². The molecule has 0 spiro atoms. The minimum absolute atomic E-state index is 0.262. The van der Waals surface area contributed by atoms with Gasteiger partial charge in [-0.05, 0) is 25.3 Å². The van der Waals surface area contributed by atoms with Gasteiger partial charge < -0.3 is 10.6 Å². The zero-order chi connectivity index (χ0) is 13.9. The normalized spacial score (nSPS) is 23.0. The molecule has 0 bridgehead atoms. The standard InChI is InChI=1S/C14H21N5/c1-14(16)18-13(15)17-12(19(14)2)10-6-9-11-7-4-3-5-8-11/h3-5,7-8H,6,9-10,16H2,1-2H3,(H2,15,18). The van der Waals surface area contributed by atoms with Gasteiger partial charge in [0.25, 0.3) is 0 Å². The molecule has 19 heavy (non-hydrogen) atoms. The van der Waals surface area contributed by atoms with Gasteiger partial charge in [-0.2, -0.15) is 0 Å². The van der Waals surface area contributed by atoms with Crippen LogP contribution in [0.2, 0.25) is 0 Å². The van der Waals surface area contributed by atoms with E-state index in [1.807, 2.05) is 24.9 Å². The Morgan fingerprint density at radius 1 is 1.21 bits per heavy atom. The molecule has 5 heteroatoms. The Bertz CT molecular complexity index is 490. The van der Waals surface area contributed by atoms with Crippen molar-refractivity contribution < 1.29 is 0 Å². The van der Waals surface area contributed by atoms with Crippen LogP contribution in [0.4, 0.5) is 0 Å². The predicted octanol–water partition coefficient (Wildman–Crippen LogP) is 1.30. The molecule has 0 saturated carbocycles. The fraction of sp³-hybridized carbons (Fsp3) is 0.429. The van der Waals surface area contributed by atoms with Gasteiger partial charge >= 0.3 is 0 Å². The molecule has 1 aromatic carbocycles. The number of aryl methyl sites for hydroxylation is 1. The first-order valence-corrected chi connectivity index (χ1v) is 6.48. The van der Waals surface area contributed by atoms with E-state index in [1.165, 1.54) is 5.56 Å². The first-order chi connectivity index (χ1) is 8.99. The summed E-state index contributed by atoms with van der Waals surface area (Å²) >= 11 is 0. The van der Waals surface area contributed by atoms with Gasteiger partial charge in [-0.25, -0.2) is 9.98 Å². The van der Waals surface area contributed by atoms with E-state index in [0.29, 0.717) is 0 Å². The molecule has 0 radical (unpaired) electrons. The summed E-state index contributed by atoms with van der Waals surface area (Å²) < 4.78 is 0. The summed E-state index contributed by atoms with van der Waals surface area (Å²) in [5.74, 6) is 0.361. The fourth-order valence-corrected chi connectivity index (χ4v) is 2.12. The second kappa shape index (κ2) is 5.40. The van der Waals surface area contributed by atoms with Gasteiger partial charge in [0.1, 0.15) is 5.84 Å². The first-order valence-electron chi connectivity index (χ1n) is 6.48. The molecule has 0 amide bonds. The van der Waals surface area contributed by atoms with Crippen molar-refractivity contribution in [3.63, 3.8) is 0 Å². The number of amidine groups is 1. The summed E-state index contributed by atoms with van der Waals surface area (Å²) in [5, 5.41) is 0. The van der Waals surface area contributed by atoms with E-state index in [4.69, 9.17) is 11.5 Å². The van der Waals surface area contributed by atoms with Crippen molar-refractivity contribution in [3.8, 4) is 0 Å². The van der Waals surface area contributed by atoms with E-state index in [0.717, 1.165) is 25.1 Å². The number of nitrogens with zero attached hydrogens (tertiary/aromatic N) is 3. The number of rotatable bonds is 4. The van der Waals surface area contributed by atoms with E-state index >= 15 is 0 Å². The first kappa shape index (κ1) is 13.5. The lowest BCUT2D eigenvalue weighted by atomic mass is 10.1. The predicted molar refractivity (Wildman–Crippen MR) is 78.8 cm³/mol. The summed E-state index contributed by atoms with van der Waals surface area (Å²) in [6.45, 7) is 1.83. The van der Waals surface area contributed by atoms with Gasteiger partial charge in [0.15, 0.2) is 5.79 Å². The summed E-state index contributed by atoms with van der Waals surface area (Å²) in [7, 11) is 1.90. The maximum atomic E-state index is 6.06. The monoisotopic (exact) mass is 259 g/mol. The molecule has 1 aromatic rings. The molecule has 1 atom stereocenters. The van der Waals surface area contributed by atoms with Crippen molar-refractivity contribution in [1.29, 1.82) is 0 Å². The highest BCUT2D eigenvalue weighted by atomic mass is 15.4. The van der Waals surface area contributed by atoms with Crippen LogP contribution in [0.3, 0.4) is 0 Å². The Morgan fingerprint density at radius 3 is 2.58 bits per heavy atom. The minimum Gasteiger partial charge on any atom is -0.368 e. The summed E-state index contributed by atoms with van der Waals surface area (Å²) in [4.78, 5) is 10.3. The Morgan fingerprint density at radius 2 is 1.89 bits per heavy atom. The van der Waals surface area contributed by atoms with Crippen molar-refractivity contribution >= 4 is 11.8 Å². The van der Waals surface area contributed by atoms with Gasteiger partial charge in [-0.3, -0.25) is 5.73 Å². The molecular formula is C14H21N5. The maximum absolute atomic E-state index is 6.06. The Kier molecular flexibility index (Phi) is 3.85. The van der Waals surface area contributed by atoms with Crippen LogP contribution in [-0.2, 0) is 6.42 Å². The molecule has 0 saturated heterocycles. The van der Waals surface area contributed by atoms with Crippen molar-refractivity contribution in [2.75, 3.05) is 7.05 Å². The largest absolute Gasteiger partial charge is 0.368 e. The Balaban J connectivity index is 1.94. The van der Waals surface area contributed by atoms with Crippen LogP contribution < -0.4 is 11.5 Å². The maximum Gasteiger partial charge on any atom is 0.220 e. The smallest absolute Gasteiger partial charge is 0.220 e. The molecule has 1 heterocycles. The highest BCUT2D eigenvalue weighted by molar-refractivity contribution is 5.97. The summed E-state index contributed by atoms with van der Waals surface area (Å²) in [5.41, 5.74) is 13.1. The second-order valence-corrected chi connectivity index (χ2v) is 4.99. The fourth-order valence-electron chi connectivity index (χ4n) is 2.12. The topological polar surface area (TPSA) is 80.0 Å². The molecule has 0 aliphatic carbocycles. The van der Waals surface area contributed by atoms with Gasteiger partial charge in [-0.1, -0.05) is 30.3 Å². The van der Waals surface area contributed by atoms with Crippen molar-refractivity contribution in [1.82, 2.24) is 4.90 Å². The van der Waals surface area contributed by atoms with Crippen molar-refractivity contribution in [2.24, 2.45) is 21.5 Å². The molecule has 1 aliphatic heterocycles. The van der Waals surface area contributed by atoms with E-state index in [2.05, 4.69) is 34.3 Å². The molecule has 1 unspecified atom stereocenters. The lowest BCUT2D eigenvalue weighted by Crippen LogP contribution is -2.56. The van der Waals surface area contributed by atoms with Gasteiger partial charge in [0.05, 0.1) is 0 Å². The van der Waals surface area contributed by atoms with Crippen LogP contribution >= 0.6 is 0 Å². The lowest BCUT2D eigenvalue weighted by molar-refractivity contribution is 0.240. The molecule has 1 aliphatic rings. The highest BCUT2D eigenvalue weighted by Gasteiger charge is 2.29. The number of aliphatic imine (C=N–C) groups is 2. The SMILES string of the molecule is CN1C(CCCc2ccccc2)=NC(N)=NC1(C)N. The number of nitrogens with two attached hydrogens (primary N) is 2. The van der Waals surface area contributed by atoms with E-state index in [-0.39, 0.29) is 5.96 Å². The quantitative estimate of drug-likeness (QED) is 0.855. The third-order valence-electron chi connectivity index (χ3n) is 3.36. The third kappa shape index (κ3) is 3.32. The van der Waals surface area contributed by atoms with Crippen LogP contribution in [0.5, 0.6) is 0 Å². The van der Waals surface area contributed by atoms with Crippen molar-refractivity contribution in [3.05, 3.63) is 35.9 Å². The molecule has 0 fully saturated rings. The van der Waals surface area contributed by atoms with Crippen LogP contribution in [-0.4, -0.2) is 29.5 Å². The molecule has 5 nitrogen and oxygen atoms in total. The second-order valence-electron chi connectivity index (χ2n) is 4.99. The number of hydrogen-bond donors (Lipinski definition) is 2. The molecular weight excluding hydrogens is 238 g/mol. The number of benzene rings is 1. The zero-order valence-corrected chi connectivity index (χ0v) is 11.5. The summed E-state index contributed by atoms with van der Waals surface area (Å²) in [6.07, 6.45) is 2.87. The lowest BCUT2D eigenvalue weighted by Gasteiger charge is -2.36. The van der Waals surface area contributed by atoms with Crippen molar-refractivity contribution in [2.45, 2.75) is 32.0 Å². The summed E-state index contributed by atoms with van der Waals surface area (Å²) in [6, 6.07) is 10.4. The van der Waals surface area contributed by atoms with E-state index in [9.17, 15) is 0 Å². The average molecular weight is 259 g/mol. The van der Waals surface area contributed by atoms with Crippen LogP contribution in [0.25, 0.3) is 0 Å². The number of guanidine groups is 1. The number of hydrogen-bond acceptors (Lipinski definition) is 5. The van der Waals surface area contributed by atoms with Gasteiger partial charge in [-0.15, -0.1) is 0 Å². The highest BCUT2D eigenvalue weighted by Crippen LogP contribution is 2.16. The van der Waals surface area contributed by atoms with Gasteiger partial charge in [0, 0.05) is 13.5 Å². The molecule has 2 rings (SSSR count). The third-order valence-corrected chi connectivity index (χ3v) is 3.36. The van der Waals surface area contributed by atoms with E-state index in [1.54, 1.807) is 0 Å². The van der Waals surface area contributed by atoms with Gasteiger partial charge in [0.2, 0.25) is 5.96 Å². The Labute approximate surface area is 114 Å². The van der Waals surface area contributed by atoms with Crippen LogP contribution in [0.1, 0.15) is 25.3 Å². The Hall–Kier alpha value is -1.88. The van der Waals surface area contributed by atoms with Crippen LogP contribution in [0.15, 0.2) is 40.3 Å².